The number of aromatic nitrogens is 1. The van der Waals surface area contributed by atoms with Crippen molar-refractivity contribution in [2.24, 2.45) is 5.73 Å². The van der Waals surface area contributed by atoms with E-state index in [4.69, 9.17) is 17.3 Å². The predicted molar refractivity (Wildman–Crippen MR) is 138 cm³/mol. The van der Waals surface area contributed by atoms with Crippen molar-refractivity contribution in [2.75, 3.05) is 0 Å². The Morgan fingerprint density at radius 1 is 0.889 bits per heavy atom. The summed E-state index contributed by atoms with van der Waals surface area (Å²) in [5.74, 6) is 0. The van der Waals surface area contributed by atoms with Gasteiger partial charge in [-0.3, -0.25) is 4.79 Å². The van der Waals surface area contributed by atoms with Gasteiger partial charge in [0.15, 0.2) is 5.43 Å². The zero-order valence-electron chi connectivity index (χ0n) is 19.9. The molecule has 36 heavy (non-hydrogen) atoms. The van der Waals surface area contributed by atoms with Gasteiger partial charge in [-0.2, -0.15) is 13.2 Å². The molecule has 0 saturated carbocycles. The van der Waals surface area contributed by atoms with Gasteiger partial charge in [0.05, 0.1) is 11.1 Å². The number of benzene rings is 3. The van der Waals surface area contributed by atoms with Gasteiger partial charge in [0.2, 0.25) is 0 Å². The molecule has 3 aromatic carbocycles. The second-order valence-corrected chi connectivity index (χ2v) is 9.20. The van der Waals surface area contributed by atoms with Crippen molar-refractivity contribution in [3.05, 3.63) is 128 Å². The standard InChI is InChI=1S/C29H26ClF3N2O/c1-18-23(16-26(34)20-10-4-3-5-11-20)28(36)27(22-13-7-9-15-25(22)30)19(2)35(18)17-21-12-6-8-14-24(21)29(31,32)33/h3-15,26H,16-17,34H2,1-2H3. The summed E-state index contributed by atoms with van der Waals surface area (Å²) in [6.45, 7) is 3.44. The van der Waals surface area contributed by atoms with E-state index in [0.717, 1.165) is 11.6 Å². The monoisotopic (exact) mass is 510 g/mol. The van der Waals surface area contributed by atoms with Crippen LogP contribution in [0.4, 0.5) is 13.2 Å². The van der Waals surface area contributed by atoms with Crippen molar-refractivity contribution in [3.8, 4) is 11.1 Å². The fraction of sp³-hybridized carbons (Fsp3) is 0.207. The van der Waals surface area contributed by atoms with E-state index in [2.05, 4.69) is 0 Å². The lowest BCUT2D eigenvalue weighted by Crippen LogP contribution is -2.27. The van der Waals surface area contributed by atoms with Crippen LogP contribution in [-0.4, -0.2) is 4.57 Å². The lowest BCUT2D eigenvalue weighted by molar-refractivity contribution is -0.138. The zero-order valence-corrected chi connectivity index (χ0v) is 20.7. The molecule has 0 aliphatic heterocycles. The zero-order chi connectivity index (χ0) is 26.0. The molecule has 1 unspecified atom stereocenters. The van der Waals surface area contributed by atoms with Crippen molar-refractivity contribution in [1.29, 1.82) is 0 Å². The fourth-order valence-corrected chi connectivity index (χ4v) is 4.86. The summed E-state index contributed by atoms with van der Waals surface area (Å²) in [6.07, 6.45) is -4.27. The summed E-state index contributed by atoms with van der Waals surface area (Å²) in [5.41, 5.74) is 9.02. The first-order valence-electron chi connectivity index (χ1n) is 11.5. The van der Waals surface area contributed by atoms with E-state index in [1.165, 1.54) is 12.1 Å². The van der Waals surface area contributed by atoms with E-state index >= 15 is 0 Å². The van der Waals surface area contributed by atoms with Gasteiger partial charge >= 0.3 is 6.18 Å². The number of nitrogens with zero attached hydrogens (tertiary/aromatic N) is 1. The van der Waals surface area contributed by atoms with Gasteiger partial charge in [-0.25, -0.2) is 0 Å². The van der Waals surface area contributed by atoms with E-state index in [1.807, 2.05) is 30.3 Å². The summed E-state index contributed by atoms with van der Waals surface area (Å²) in [5, 5.41) is 0.391. The molecule has 1 heterocycles. The molecule has 0 amide bonds. The average Bonchev–Trinajstić information content (AvgIpc) is 2.85. The molecule has 0 spiro atoms. The maximum absolute atomic E-state index is 13.9. The third kappa shape index (κ3) is 5.11. The highest BCUT2D eigenvalue weighted by atomic mass is 35.5. The number of halogens is 4. The molecule has 3 nitrogen and oxygen atoms in total. The van der Waals surface area contributed by atoms with Crippen LogP contribution in [0, 0.1) is 13.8 Å². The van der Waals surface area contributed by atoms with E-state index < -0.39 is 17.8 Å². The van der Waals surface area contributed by atoms with Crippen molar-refractivity contribution >= 4 is 11.6 Å². The molecular weight excluding hydrogens is 485 g/mol. The maximum atomic E-state index is 13.9. The molecule has 0 fully saturated rings. The second-order valence-electron chi connectivity index (χ2n) is 8.80. The summed E-state index contributed by atoms with van der Waals surface area (Å²) in [7, 11) is 0. The van der Waals surface area contributed by atoms with E-state index in [1.54, 1.807) is 48.7 Å². The highest BCUT2D eigenvalue weighted by Crippen LogP contribution is 2.34. The fourth-order valence-electron chi connectivity index (χ4n) is 4.63. The van der Waals surface area contributed by atoms with E-state index in [-0.39, 0.29) is 24.0 Å². The van der Waals surface area contributed by atoms with Crippen LogP contribution in [-0.2, 0) is 19.1 Å². The second kappa shape index (κ2) is 10.3. The Morgan fingerprint density at radius 2 is 1.50 bits per heavy atom. The summed E-state index contributed by atoms with van der Waals surface area (Å²) >= 11 is 6.47. The van der Waals surface area contributed by atoms with Crippen LogP contribution < -0.4 is 11.2 Å². The molecule has 2 N–H and O–H groups in total. The van der Waals surface area contributed by atoms with Gasteiger partial charge in [-0.1, -0.05) is 78.3 Å². The Balaban J connectivity index is 1.93. The molecule has 0 bridgehead atoms. The molecule has 1 aromatic heterocycles. The molecule has 186 valence electrons. The highest BCUT2D eigenvalue weighted by Gasteiger charge is 2.33. The SMILES string of the molecule is Cc1c(CC(N)c2ccccc2)c(=O)c(-c2ccccc2Cl)c(C)n1Cc1ccccc1C(F)(F)F. The van der Waals surface area contributed by atoms with Crippen LogP contribution in [0.5, 0.6) is 0 Å². The summed E-state index contributed by atoms with van der Waals surface area (Å²) in [4.78, 5) is 13.9. The van der Waals surface area contributed by atoms with Crippen molar-refractivity contribution in [2.45, 2.75) is 39.0 Å². The normalized spacial score (nSPS) is 12.5. The summed E-state index contributed by atoms with van der Waals surface area (Å²) < 4.78 is 43.0. The number of rotatable bonds is 6. The largest absolute Gasteiger partial charge is 0.416 e. The molecule has 0 radical (unpaired) electrons. The minimum absolute atomic E-state index is 0.0569. The van der Waals surface area contributed by atoms with Crippen LogP contribution >= 0.6 is 11.6 Å². The molecule has 4 aromatic rings. The Bertz CT molecular complexity index is 1450. The number of hydrogen-bond donors (Lipinski definition) is 1. The topological polar surface area (TPSA) is 48.0 Å². The molecule has 1 atom stereocenters. The lowest BCUT2D eigenvalue weighted by atomic mass is 9.93. The van der Waals surface area contributed by atoms with Crippen LogP contribution in [0.15, 0.2) is 83.7 Å². The third-order valence-corrected chi connectivity index (χ3v) is 6.89. The first-order valence-corrected chi connectivity index (χ1v) is 11.9. The van der Waals surface area contributed by atoms with Gasteiger partial charge in [0.1, 0.15) is 0 Å². The molecule has 4 rings (SSSR count). The van der Waals surface area contributed by atoms with Crippen molar-refractivity contribution in [1.82, 2.24) is 4.57 Å². The van der Waals surface area contributed by atoms with Crippen LogP contribution in [0.1, 0.15) is 39.7 Å². The Morgan fingerprint density at radius 3 is 2.17 bits per heavy atom. The number of nitrogens with two attached hydrogens (primary N) is 1. The third-order valence-electron chi connectivity index (χ3n) is 6.56. The first kappa shape index (κ1) is 25.7. The minimum Gasteiger partial charge on any atom is -0.344 e. The van der Waals surface area contributed by atoms with E-state index in [9.17, 15) is 18.0 Å². The first-order chi connectivity index (χ1) is 17.1. The van der Waals surface area contributed by atoms with Gasteiger partial charge in [0, 0.05) is 40.1 Å². The minimum atomic E-state index is -4.50. The Kier molecular flexibility index (Phi) is 7.38. The molecular formula is C29H26ClF3N2O. The molecule has 0 aliphatic carbocycles. The predicted octanol–water partition coefficient (Wildman–Crippen LogP) is 7.10. The lowest BCUT2D eigenvalue weighted by Gasteiger charge is -2.24. The van der Waals surface area contributed by atoms with Crippen molar-refractivity contribution < 1.29 is 13.2 Å². The Hall–Kier alpha value is -3.35. The molecule has 7 heteroatoms. The van der Waals surface area contributed by atoms with Crippen LogP contribution in [0.2, 0.25) is 5.02 Å². The van der Waals surface area contributed by atoms with Crippen LogP contribution in [0.25, 0.3) is 11.1 Å². The number of pyridine rings is 1. The highest BCUT2D eigenvalue weighted by molar-refractivity contribution is 6.33. The van der Waals surface area contributed by atoms with Gasteiger partial charge in [0.25, 0.3) is 0 Å². The van der Waals surface area contributed by atoms with Crippen molar-refractivity contribution in [3.63, 3.8) is 0 Å². The average molecular weight is 511 g/mol. The number of hydrogen-bond acceptors (Lipinski definition) is 2. The Labute approximate surface area is 213 Å². The molecule has 0 aliphatic rings. The number of alkyl halides is 3. The smallest absolute Gasteiger partial charge is 0.344 e. The molecule has 0 saturated heterocycles. The van der Waals surface area contributed by atoms with E-state index in [0.29, 0.717) is 33.1 Å². The van der Waals surface area contributed by atoms with Gasteiger partial charge in [-0.15, -0.1) is 0 Å². The van der Waals surface area contributed by atoms with Gasteiger partial charge < -0.3 is 10.3 Å². The van der Waals surface area contributed by atoms with Gasteiger partial charge in [-0.05, 0) is 43.5 Å². The van der Waals surface area contributed by atoms with Crippen LogP contribution in [0.3, 0.4) is 0 Å². The summed E-state index contributed by atoms with van der Waals surface area (Å²) in [6, 6.07) is 21.4. The quantitative estimate of drug-likeness (QED) is 0.301. The maximum Gasteiger partial charge on any atom is 0.416 e.